The number of methoxy groups -OCH3 is 1. The van der Waals surface area contributed by atoms with E-state index >= 15 is 0 Å². The van der Waals surface area contributed by atoms with Gasteiger partial charge < -0.3 is 23.4 Å². The molecule has 0 aromatic carbocycles. The van der Waals surface area contributed by atoms with E-state index in [0.717, 1.165) is 0 Å². The highest BCUT2D eigenvalue weighted by atomic mass is 32.2. The van der Waals surface area contributed by atoms with Gasteiger partial charge in [-0.25, -0.2) is 4.79 Å². The van der Waals surface area contributed by atoms with Crippen LogP contribution in [0.25, 0.3) is 0 Å². The van der Waals surface area contributed by atoms with Crippen LogP contribution in [-0.4, -0.2) is 77.1 Å². The number of esters is 1. The Labute approximate surface area is 243 Å². The monoisotopic (exact) mass is 624 g/mol. The Bertz CT molecular complexity index is 1130. The fourth-order valence-corrected chi connectivity index (χ4v) is 5.04. The van der Waals surface area contributed by atoms with E-state index < -0.39 is 50.1 Å². The number of thiocarbonyl (C=S) groups is 2. The van der Waals surface area contributed by atoms with Gasteiger partial charge in [0.2, 0.25) is 8.77 Å². The summed E-state index contributed by atoms with van der Waals surface area (Å²) in [5, 5.41) is -0.0450. The summed E-state index contributed by atoms with van der Waals surface area (Å²) >= 11 is 13.2. The predicted molar refractivity (Wildman–Crippen MR) is 161 cm³/mol. The van der Waals surface area contributed by atoms with Gasteiger partial charge in [-0.05, 0) is 61.5 Å². The number of nitrogens with one attached hydrogen (secondary N) is 1. The Kier molecular flexibility index (Phi) is 12.1. The van der Waals surface area contributed by atoms with Gasteiger partial charge in [0.15, 0.2) is 26.8 Å². The summed E-state index contributed by atoms with van der Waals surface area (Å²) in [7, 11) is -0.904. The van der Waals surface area contributed by atoms with Crippen molar-refractivity contribution in [2.24, 2.45) is 0 Å². The van der Waals surface area contributed by atoms with Gasteiger partial charge in [0, 0.05) is 18.2 Å². The van der Waals surface area contributed by atoms with Crippen molar-refractivity contribution in [3.8, 4) is 0 Å². The fourth-order valence-electron chi connectivity index (χ4n) is 3.39. The number of H-pyrrole nitrogens is 1. The predicted octanol–water partition coefficient (Wildman–Crippen LogP) is 3.63. The van der Waals surface area contributed by atoms with Crippen molar-refractivity contribution in [2.45, 2.75) is 76.3 Å². The number of aryl methyl sites for hydroxylation is 1. The molecule has 1 saturated heterocycles. The van der Waals surface area contributed by atoms with Gasteiger partial charge in [0.1, 0.15) is 6.10 Å². The van der Waals surface area contributed by atoms with Crippen LogP contribution in [0.4, 0.5) is 0 Å². The average molecular weight is 625 g/mol. The van der Waals surface area contributed by atoms with Gasteiger partial charge in [0.05, 0.1) is 13.7 Å². The number of rotatable bonds is 9. The van der Waals surface area contributed by atoms with Gasteiger partial charge in [-0.3, -0.25) is 19.1 Å². The summed E-state index contributed by atoms with van der Waals surface area (Å²) in [6, 6.07) is 0. The zero-order chi connectivity index (χ0) is 28.8. The van der Waals surface area contributed by atoms with E-state index in [2.05, 4.69) is 43.6 Å². The van der Waals surface area contributed by atoms with E-state index in [1.54, 1.807) is 12.5 Å². The minimum Gasteiger partial charge on any atom is -0.469 e. The van der Waals surface area contributed by atoms with Crippen molar-refractivity contribution in [2.75, 3.05) is 26.2 Å². The first-order chi connectivity index (χ1) is 17.6. The summed E-state index contributed by atoms with van der Waals surface area (Å²) in [5.74, 6) is -0.479. The number of ether oxygens (including phenoxy) is 4. The molecule has 214 valence electrons. The van der Waals surface area contributed by atoms with Crippen LogP contribution < -0.4 is 11.2 Å². The summed E-state index contributed by atoms with van der Waals surface area (Å²) in [4.78, 5) is 39.4. The molecule has 1 aliphatic rings. The maximum Gasteiger partial charge on any atom is 0.330 e. The Morgan fingerprint density at radius 3 is 2.24 bits per heavy atom. The lowest BCUT2D eigenvalue weighted by Crippen LogP contribution is -2.46. The quantitative estimate of drug-likeness (QED) is 0.246. The van der Waals surface area contributed by atoms with Gasteiger partial charge in [-0.2, -0.15) is 0 Å². The molecule has 0 unspecified atom stereocenters. The fraction of sp³-hybridized carbons (Fsp3) is 0.696. The number of nitrogens with zero attached hydrogens (tertiary/aromatic N) is 1. The van der Waals surface area contributed by atoms with Crippen LogP contribution >= 0.6 is 48.0 Å². The highest BCUT2D eigenvalue weighted by molar-refractivity contribution is 8.22. The molecule has 10 nitrogen and oxygen atoms in total. The lowest BCUT2D eigenvalue weighted by Gasteiger charge is -2.37. The van der Waals surface area contributed by atoms with Gasteiger partial charge >= 0.3 is 11.7 Å². The van der Waals surface area contributed by atoms with Gasteiger partial charge in [0.25, 0.3) is 5.56 Å². The molecule has 0 amide bonds. The molecule has 1 aliphatic heterocycles. The van der Waals surface area contributed by atoms with E-state index in [4.69, 9.17) is 43.1 Å². The molecule has 0 spiro atoms. The van der Waals surface area contributed by atoms with Crippen molar-refractivity contribution >= 4 is 71.0 Å². The zero-order valence-electron chi connectivity index (χ0n) is 22.9. The molecule has 15 heteroatoms. The third kappa shape index (κ3) is 8.38. The minimum absolute atomic E-state index is 0.0312. The second kappa shape index (κ2) is 13.9. The lowest BCUT2D eigenvalue weighted by molar-refractivity contribution is -0.140. The maximum atomic E-state index is 13.0. The van der Waals surface area contributed by atoms with Gasteiger partial charge in [-0.1, -0.05) is 44.3 Å². The van der Waals surface area contributed by atoms with E-state index in [1.807, 2.05) is 0 Å². The molecule has 2 heterocycles. The second-order valence-electron chi connectivity index (χ2n) is 10.1. The number of hydrogen-bond acceptors (Lipinski definition) is 12. The number of carbonyl (C=O) groups is 1. The van der Waals surface area contributed by atoms with Crippen LogP contribution in [0.1, 0.15) is 39.0 Å². The van der Waals surface area contributed by atoms with Crippen molar-refractivity contribution in [1.82, 2.24) is 9.55 Å². The second-order valence-corrected chi connectivity index (χ2v) is 17.7. The Morgan fingerprint density at radius 2 is 1.71 bits per heavy atom. The number of aromatic amines is 1. The van der Waals surface area contributed by atoms with Crippen LogP contribution in [0, 0.1) is 0 Å². The van der Waals surface area contributed by atoms with E-state index in [0.29, 0.717) is 0 Å². The molecule has 0 bridgehead atoms. The highest BCUT2D eigenvalue weighted by Gasteiger charge is 2.51. The molecule has 4 atom stereocenters. The Morgan fingerprint density at radius 1 is 1.13 bits per heavy atom. The Balaban J connectivity index is 2.53. The zero-order valence-corrected chi connectivity index (χ0v) is 27.1. The number of thioether (sulfide) groups is 2. The lowest BCUT2D eigenvalue weighted by atomic mass is 10.1. The summed E-state index contributed by atoms with van der Waals surface area (Å²) in [6.45, 7) is 10.8. The largest absolute Gasteiger partial charge is 0.469 e. The normalized spacial score (nSPS) is 21.7. The van der Waals surface area contributed by atoms with Crippen LogP contribution in [0.5, 0.6) is 0 Å². The molecule has 0 aliphatic carbocycles. The molecule has 1 N–H and O–H groups in total. The van der Waals surface area contributed by atoms with Crippen molar-refractivity contribution < 1.29 is 28.2 Å². The summed E-state index contributed by atoms with van der Waals surface area (Å²) in [6.07, 6.45) is 1.64. The smallest absolute Gasteiger partial charge is 0.330 e. The van der Waals surface area contributed by atoms with E-state index in [1.165, 1.54) is 41.4 Å². The molecule has 1 fully saturated rings. The van der Waals surface area contributed by atoms with Crippen molar-refractivity contribution in [3.05, 3.63) is 32.6 Å². The summed E-state index contributed by atoms with van der Waals surface area (Å²) in [5.41, 5.74) is -1.09. The molecule has 2 rings (SSSR count). The van der Waals surface area contributed by atoms with Crippen LogP contribution in [0.2, 0.25) is 18.1 Å². The molecule has 1 aromatic heterocycles. The third-order valence-electron chi connectivity index (χ3n) is 6.64. The first-order valence-electron chi connectivity index (χ1n) is 11.8. The van der Waals surface area contributed by atoms with Gasteiger partial charge in [-0.15, -0.1) is 0 Å². The first-order valence-corrected chi connectivity index (χ1v) is 18.0. The van der Waals surface area contributed by atoms with Crippen LogP contribution in [0.15, 0.2) is 15.8 Å². The molecular weight excluding hydrogens is 589 g/mol. The number of carbonyl (C=O) groups excluding carboxylic acids is 1. The highest BCUT2D eigenvalue weighted by Crippen LogP contribution is 2.39. The van der Waals surface area contributed by atoms with Crippen LogP contribution in [-0.2, 0) is 34.6 Å². The topological polar surface area (TPSA) is 118 Å². The number of aromatic nitrogens is 2. The molecule has 1 aromatic rings. The molecule has 0 radical (unpaired) electrons. The average Bonchev–Trinajstić information content (AvgIpc) is 3.17. The third-order valence-corrected chi connectivity index (χ3v) is 13.2. The Hall–Kier alpha value is -1.23. The summed E-state index contributed by atoms with van der Waals surface area (Å²) < 4.78 is 31.3. The van der Waals surface area contributed by atoms with E-state index in [9.17, 15) is 14.4 Å². The number of hydrogen-bond donors (Lipinski definition) is 1. The van der Waals surface area contributed by atoms with Crippen molar-refractivity contribution in [1.29, 1.82) is 0 Å². The molecular formula is C23H36N2O8S4Si. The molecule has 38 heavy (non-hydrogen) atoms. The van der Waals surface area contributed by atoms with Crippen LogP contribution in [0.3, 0.4) is 0 Å². The minimum atomic E-state index is -2.17. The maximum absolute atomic E-state index is 13.0. The van der Waals surface area contributed by atoms with E-state index in [-0.39, 0.29) is 38.8 Å². The standard InChI is InChI=1S/C23H36N2O8S4Si/c1-23(2,3)38(7,8)30-12-14-16(32-21(34)36-5)17(33-22(35)37-6)19(31-14)25-11-13(9-10-15(26)29-4)18(27)24-20(25)28/h11,14,16-17,19H,9-10,12H2,1-8H3,(H,24,27,28)/t14-,16-,17-,19-/m1/s1. The SMILES string of the molecule is COC(=O)CCc1cn([C@@H]2O[C@H](CO[Si](C)(C)C(C)(C)C)[C@@H](OC(=S)SC)[C@H]2OC(=S)SC)c(=O)[nH]c1=O. The first kappa shape index (κ1) is 33.0. The van der Waals surface area contributed by atoms with Crippen molar-refractivity contribution in [3.63, 3.8) is 0 Å². The molecule has 0 saturated carbocycles.